The molecule has 0 aliphatic carbocycles. The van der Waals surface area contributed by atoms with Gasteiger partial charge in [-0.3, -0.25) is 9.59 Å². The first-order chi connectivity index (χ1) is 14.4. The predicted octanol–water partition coefficient (Wildman–Crippen LogP) is 4.12. The lowest BCUT2D eigenvalue weighted by Gasteiger charge is -2.26. The molecule has 1 aliphatic heterocycles. The highest BCUT2D eigenvalue weighted by molar-refractivity contribution is 6.46. The lowest BCUT2D eigenvalue weighted by Crippen LogP contribution is -2.31. The summed E-state index contributed by atoms with van der Waals surface area (Å²) in [5.41, 5.74) is 2.09. The van der Waals surface area contributed by atoms with Gasteiger partial charge in [0.1, 0.15) is 11.5 Å². The van der Waals surface area contributed by atoms with Crippen LogP contribution in [0, 0.1) is 6.92 Å². The number of aliphatic hydroxyl groups is 1. The lowest BCUT2D eigenvalue weighted by atomic mass is 9.92. The first-order valence-electron chi connectivity index (χ1n) is 9.57. The van der Waals surface area contributed by atoms with Crippen molar-refractivity contribution in [1.29, 1.82) is 0 Å². The number of hydrogen-bond donors (Lipinski definition) is 1. The molecule has 0 aromatic heterocycles. The number of hydrogen-bond acceptors (Lipinski definition) is 5. The Morgan fingerprint density at radius 3 is 2.53 bits per heavy atom. The van der Waals surface area contributed by atoms with Crippen LogP contribution in [0.3, 0.4) is 0 Å². The van der Waals surface area contributed by atoms with Crippen LogP contribution in [0.15, 0.2) is 48.0 Å². The highest BCUT2D eigenvalue weighted by Crippen LogP contribution is 2.41. The van der Waals surface area contributed by atoms with E-state index in [1.54, 1.807) is 19.2 Å². The van der Waals surface area contributed by atoms with Gasteiger partial charge < -0.3 is 19.5 Å². The van der Waals surface area contributed by atoms with Crippen molar-refractivity contribution in [3.8, 4) is 5.75 Å². The largest absolute Gasteiger partial charge is 0.507 e. The van der Waals surface area contributed by atoms with Gasteiger partial charge in [-0.15, -0.1) is 0 Å². The fraction of sp³-hybridized carbons (Fsp3) is 0.304. The minimum absolute atomic E-state index is 0.0490. The van der Waals surface area contributed by atoms with Gasteiger partial charge in [-0.2, -0.15) is 0 Å². The molecule has 30 heavy (non-hydrogen) atoms. The molecular weight excluding hydrogens is 406 g/mol. The number of carbonyl (C=O) groups is 2. The third-order valence-electron chi connectivity index (χ3n) is 5.20. The first-order valence-corrected chi connectivity index (χ1v) is 9.95. The smallest absolute Gasteiger partial charge is 0.295 e. The van der Waals surface area contributed by atoms with Crippen LogP contribution < -0.4 is 4.74 Å². The van der Waals surface area contributed by atoms with E-state index in [0.29, 0.717) is 35.9 Å². The third-order valence-corrected chi connectivity index (χ3v) is 5.49. The van der Waals surface area contributed by atoms with Crippen LogP contribution in [-0.4, -0.2) is 49.1 Å². The summed E-state index contributed by atoms with van der Waals surface area (Å²) in [7, 11) is 3.07. The van der Waals surface area contributed by atoms with Gasteiger partial charge in [-0.1, -0.05) is 35.9 Å². The molecule has 3 rings (SSSR count). The second-order valence-corrected chi connectivity index (χ2v) is 7.45. The monoisotopic (exact) mass is 429 g/mol. The van der Waals surface area contributed by atoms with Crippen LogP contribution in [0.4, 0.5) is 0 Å². The molecule has 1 fully saturated rings. The SMILES string of the molecule is COCCCN1C(=O)C(=O)/C(=C(/O)c2ccc(OC)c(Cl)c2)C1c1ccccc1C. The molecule has 1 heterocycles. The summed E-state index contributed by atoms with van der Waals surface area (Å²) in [6.45, 7) is 2.70. The van der Waals surface area contributed by atoms with E-state index in [2.05, 4.69) is 0 Å². The predicted molar refractivity (Wildman–Crippen MR) is 115 cm³/mol. The van der Waals surface area contributed by atoms with E-state index in [4.69, 9.17) is 21.1 Å². The zero-order valence-corrected chi connectivity index (χ0v) is 17.9. The van der Waals surface area contributed by atoms with Crippen LogP contribution in [0.5, 0.6) is 5.75 Å². The summed E-state index contributed by atoms with van der Waals surface area (Å²) in [5, 5.41) is 11.4. The molecule has 2 aromatic carbocycles. The van der Waals surface area contributed by atoms with Crippen molar-refractivity contribution in [1.82, 2.24) is 4.90 Å². The highest BCUT2D eigenvalue weighted by atomic mass is 35.5. The van der Waals surface area contributed by atoms with Gasteiger partial charge in [0.25, 0.3) is 11.7 Å². The van der Waals surface area contributed by atoms with E-state index >= 15 is 0 Å². The molecule has 1 N–H and O–H groups in total. The number of likely N-dealkylation sites (tertiary alicyclic amines) is 1. The van der Waals surface area contributed by atoms with Crippen molar-refractivity contribution in [3.63, 3.8) is 0 Å². The van der Waals surface area contributed by atoms with E-state index in [-0.39, 0.29) is 11.3 Å². The van der Waals surface area contributed by atoms with Crippen molar-refractivity contribution in [2.24, 2.45) is 0 Å². The fourth-order valence-corrected chi connectivity index (χ4v) is 3.93. The van der Waals surface area contributed by atoms with Gasteiger partial charge in [0, 0.05) is 25.8 Å². The molecule has 1 saturated heterocycles. The molecule has 1 unspecified atom stereocenters. The molecule has 1 amide bonds. The van der Waals surface area contributed by atoms with Crippen molar-refractivity contribution in [3.05, 3.63) is 69.8 Å². The van der Waals surface area contributed by atoms with Gasteiger partial charge in [-0.25, -0.2) is 0 Å². The van der Waals surface area contributed by atoms with Crippen LogP contribution in [0.25, 0.3) is 5.76 Å². The molecule has 0 saturated carbocycles. The number of ether oxygens (including phenoxy) is 2. The fourth-order valence-electron chi connectivity index (χ4n) is 3.68. The number of halogens is 1. The number of nitrogens with zero attached hydrogens (tertiary/aromatic N) is 1. The Bertz CT molecular complexity index is 1000. The van der Waals surface area contributed by atoms with Crippen LogP contribution in [-0.2, 0) is 14.3 Å². The summed E-state index contributed by atoms with van der Waals surface area (Å²) >= 11 is 6.20. The Balaban J connectivity index is 2.15. The van der Waals surface area contributed by atoms with Crippen molar-refractivity contribution in [2.45, 2.75) is 19.4 Å². The molecule has 0 radical (unpaired) electrons. The number of Topliss-reactive ketones (excluding diaryl/α,β-unsaturated/α-hetero) is 1. The van der Waals surface area contributed by atoms with E-state index < -0.39 is 17.7 Å². The Kier molecular flexibility index (Phi) is 6.80. The Morgan fingerprint density at radius 2 is 1.90 bits per heavy atom. The average Bonchev–Trinajstić information content (AvgIpc) is 2.98. The molecule has 0 bridgehead atoms. The summed E-state index contributed by atoms with van der Waals surface area (Å²) in [5.74, 6) is -1.17. The van der Waals surface area contributed by atoms with Gasteiger partial charge in [0.05, 0.1) is 23.7 Å². The molecule has 7 heteroatoms. The molecule has 2 aromatic rings. The van der Waals surface area contributed by atoms with E-state index in [1.165, 1.54) is 18.1 Å². The molecule has 158 valence electrons. The first kappa shape index (κ1) is 21.9. The van der Waals surface area contributed by atoms with Gasteiger partial charge in [-0.05, 0) is 42.7 Å². The number of aliphatic hydroxyl groups excluding tert-OH is 1. The molecule has 1 aliphatic rings. The van der Waals surface area contributed by atoms with Crippen molar-refractivity contribution >= 4 is 29.1 Å². The Labute approximate surface area is 180 Å². The number of ketones is 1. The number of carbonyl (C=O) groups excluding carboxylic acids is 2. The normalized spacial score (nSPS) is 18.1. The van der Waals surface area contributed by atoms with Gasteiger partial charge >= 0.3 is 0 Å². The van der Waals surface area contributed by atoms with Gasteiger partial charge in [0.15, 0.2) is 0 Å². The number of methoxy groups -OCH3 is 2. The number of rotatable bonds is 7. The van der Waals surface area contributed by atoms with Crippen LogP contribution in [0.1, 0.15) is 29.2 Å². The maximum absolute atomic E-state index is 13.0. The number of benzene rings is 2. The summed E-state index contributed by atoms with van der Waals surface area (Å²) < 4.78 is 10.2. The zero-order valence-electron chi connectivity index (χ0n) is 17.1. The summed E-state index contributed by atoms with van der Waals surface area (Å²) in [4.78, 5) is 27.3. The third kappa shape index (κ3) is 4.06. The summed E-state index contributed by atoms with van der Waals surface area (Å²) in [6, 6.07) is 11.5. The Hall–Kier alpha value is -2.83. The van der Waals surface area contributed by atoms with Crippen LogP contribution in [0.2, 0.25) is 5.02 Å². The molecule has 6 nitrogen and oxygen atoms in total. The van der Waals surface area contributed by atoms with E-state index in [1.807, 2.05) is 31.2 Å². The second kappa shape index (κ2) is 9.32. The van der Waals surface area contributed by atoms with Crippen molar-refractivity contribution < 1.29 is 24.2 Å². The highest BCUT2D eigenvalue weighted by Gasteiger charge is 2.46. The second-order valence-electron chi connectivity index (χ2n) is 7.04. The minimum atomic E-state index is -0.717. The van der Waals surface area contributed by atoms with E-state index in [0.717, 1.165) is 11.1 Å². The maximum atomic E-state index is 13.0. The van der Waals surface area contributed by atoms with Crippen molar-refractivity contribution in [2.75, 3.05) is 27.4 Å². The topological polar surface area (TPSA) is 76.1 Å². The molecule has 0 spiro atoms. The standard InChI is InChI=1S/C23H24ClNO5/c1-14-7-4-5-8-16(14)20-19(22(27)23(28)25(20)11-6-12-29-2)21(26)15-9-10-18(30-3)17(24)13-15/h4-5,7-10,13,20,26H,6,11-12H2,1-3H3/b21-19+. The quantitative estimate of drug-likeness (QED) is 0.310. The zero-order chi connectivity index (χ0) is 21.8. The number of aryl methyl sites for hydroxylation is 1. The Morgan fingerprint density at radius 1 is 1.17 bits per heavy atom. The van der Waals surface area contributed by atoms with E-state index in [9.17, 15) is 14.7 Å². The maximum Gasteiger partial charge on any atom is 0.295 e. The summed E-state index contributed by atoms with van der Waals surface area (Å²) in [6.07, 6.45) is 0.570. The molecule has 1 atom stereocenters. The molecular formula is C23H24ClNO5. The van der Waals surface area contributed by atoms with Crippen LogP contribution >= 0.6 is 11.6 Å². The lowest BCUT2D eigenvalue weighted by molar-refractivity contribution is -0.140. The van der Waals surface area contributed by atoms with Gasteiger partial charge in [0.2, 0.25) is 0 Å². The average molecular weight is 430 g/mol. The number of amides is 1. The minimum Gasteiger partial charge on any atom is -0.507 e.